The van der Waals surface area contributed by atoms with Crippen LogP contribution in [0.1, 0.15) is 11.1 Å². The maximum Gasteiger partial charge on any atom is 0.131 e. The molecule has 0 spiro atoms. The Morgan fingerprint density at radius 3 is 2.67 bits per heavy atom. The minimum atomic E-state index is 0.508. The molecule has 0 amide bonds. The molecule has 5 heteroatoms. The maximum absolute atomic E-state index is 9.04. The molecule has 4 nitrogen and oxygen atoms in total. The minimum absolute atomic E-state index is 0.508. The van der Waals surface area contributed by atoms with Crippen molar-refractivity contribution >= 4 is 27.4 Å². The molecular formula is C13H7BrN4. The molecule has 1 heterocycles. The van der Waals surface area contributed by atoms with Gasteiger partial charge in [0, 0.05) is 10.7 Å². The summed E-state index contributed by atoms with van der Waals surface area (Å²) in [5, 5.41) is 20.9. The number of nitrogens with one attached hydrogen (secondary N) is 1. The molecule has 1 N–H and O–H groups in total. The van der Waals surface area contributed by atoms with E-state index in [0.717, 1.165) is 4.47 Å². The quantitative estimate of drug-likeness (QED) is 0.923. The lowest BCUT2D eigenvalue weighted by atomic mass is 10.2. The first-order valence-corrected chi connectivity index (χ1v) is 5.85. The molecule has 86 valence electrons. The largest absolute Gasteiger partial charge is 0.339 e. The molecule has 0 aliphatic heterocycles. The number of pyridine rings is 1. The first-order valence-electron chi connectivity index (χ1n) is 5.06. The lowest BCUT2D eigenvalue weighted by Crippen LogP contribution is -1.96. The summed E-state index contributed by atoms with van der Waals surface area (Å²) in [7, 11) is 0. The van der Waals surface area contributed by atoms with Gasteiger partial charge < -0.3 is 5.32 Å². The highest BCUT2D eigenvalue weighted by Crippen LogP contribution is 2.23. The molecule has 0 atom stereocenters. The van der Waals surface area contributed by atoms with Crippen molar-refractivity contribution in [1.82, 2.24) is 4.98 Å². The van der Waals surface area contributed by atoms with E-state index in [4.69, 9.17) is 10.5 Å². The second kappa shape index (κ2) is 5.31. The Balaban J connectivity index is 2.35. The van der Waals surface area contributed by atoms with Crippen molar-refractivity contribution in [1.29, 1.82) is 10.5 Å². The monoisotopic (exact) mass is 298 g/mol. The zero-order chi connectivity index (χ0) is 13.0. The lowest BCUT2D eigenvalue weighted by Gasteiger charge is -2.07. The molecule has 2 aromatic rings. The fraction of sp³-hybridized carbons (Fsp3) is 0. The molecule has 1 aromatic heterocycles. The van der Waals surface area contributed by atoms with Crippen LogP contribution in [-0.2, 0) is 0 Å². The standard InChI is InChI=1S/C13H7BrN4/c14-11-1-2-12(10(6-11)8-16)18-13-5-9(7-15)3-4-17-13/h1-6H,(H,17,18). The number of hydrogen-bond acceptors (Lipinski definition) is 4. The molecule has 0 saturated heterocycles. The highest BCUT2D eigenvalue weighted by atomic mass is 79.9. The average molecular weight is 299 g/mol. The number of rotatable bonds is 2. The van der Waals surface area contributed by atoms with E-state index < -0.39 is 0 Å². The van der Waals surface area contributed by atoms with E-state index in [1.54, 1.807) is 30.5 Å². The van der Waals surface area contributed by atoms with E-state index in [0.29, 0.717) is 22.6 Å². The van der Waals surface area contributed by atoms with E-state index in [9.17, 15) is 0 Å². The predicted octanol–water partition coefficient (Wildman–Crippen LogP) is 3.33. The van der Waals surface area contributed by atoms with Crippen molar-refractivity contribution in [2.75, 3.05) is 5.32 Å². The van der Waals surface area contributed by atoms with E-state index in [1.807, 2.05) is 12.1 Å². The van der Waals surface area contributed by atoms with Crippen molar-refractivity contribution in [2.24, 2.45) is 0 Å². The number of nitrogens with zero attached hydrogens (tertiary/aromatic N) is 3. The highest BCUT2D eigenvalue weighted by Gasteiger charge is 2.04. The van der Waals surface area contributed by atoms with Crippen molar-refractivity contribution in [3.05, 3.63) is 52.1 Å². The maximum atomic E-state index is 9.04. The average Bonchev–Trinajstić information content (AvgIpc) is 2.41. The van der Waals surface area contributed by atoms with Gasteiger partial charge in [-0.25, -0.2) is 4.98 Å². The van der Waals surface area contributed by atoms with Gasteiger partial charge in [0.25, 0.3) is 0 Å². The van der Waals surface area contributed by atoms with Gasteiger partial charge in [0.05, 0.1) is 22.9 Å². The summed E-state index contributed by atoms with van der Waals surface area (Å²) in [6, 6.07) is 12.7. The lowest BCUT2D eigenvalue weighted by molar-refractivity contribution is 1.29. The van der Waals surface area contributed by atoms with Crippen LogP contribution in [0.2, 0.25) is 0 Å². The van der Waals surface area contributed by atoms with E-state index in [2.05, 4.69) is 32.3 Å². The fourth-order valence-corrected chi connectivity index (χ4v) is 1.79. The molecule has 0 bridgehead atoms. The summed E-state index contributed by atoms with van der Waals surface area (Å²) in [5.74, 6) is 0.535. The van der Waals surface area contributed by atoms with Crippen molar-refractivity contribution in [3.8, 4) is 12.1 Å². The van der Waals surface area contributed by atoms with Crippen LogP contribution in [0.15, 0.2) is 41.0 Å². The van der Waals surface area contributed by atoms with Crippen LogP contribution in [0.25, 0.3) is 0 Å². The van der Waals surface area contributed by atoms with Crippen LogP contribution in [0.4, 0.5) is 11.5 Å². The third-order valence-corrected chi connectivity index (χ3v) is 2.75. The van der Waals surface area contributed by atoms with Crippen LogP contribution < -0.4 is 5.32 Å². The van der Waals surface area contributed by atoms with Gasteiger partial charge in [-0.1, -0.05) is 15.9 Å². The Bertz CT molecular complexity index is 667. The smallest absolute Gasteiger partial charge is 0.131 e. The fourth-order valence-electron chi connectivity index (χ4n) is 1.42. The Kier molecular flexibility index (Phi) is 3.57. The molecule has 0 aliphatic rings. The number of nitriles is 2. The van der Waals surface area contributed by atoms with Crippen LogP contribution >= 0.6 is 15.9 Å². The molecule has 0 aliphatic carbocycles. The summed E-state index contributed by atoms with van der Waals surface area (Å²) in [4.78, 5) is 4.10. The molecule has 0 radical (unpaired) electrons. The van der Waals surface area contributed by atoms with Gasteiger partial charge in [0.2, 0.25) is 0 Å². The molecule has 1 aromatic carbocycles. The third-order valence-electron chi connectivity index (χ3n) is 2.25. The Morgan fingerprint density at radius 1 is 1.11 bits per heavy atom. The summed E-state index contributed by atoms with van der Waals surface area (Å²) in [6.07, 6.45) is 1.55. The molecular weight excluding hydrogens is 292 g/mol. The van der Waals surface area contributed by atoms with Gasteiger partial charge in [-0.15, -0.1) is 0 Å². The molecule has 2 rings (SSSR count). The van der Waals surface area contributed by atoms with E-state index >= 15 is 0 Å². The zero-order valence-corrected chi connectivity index (χ0v) is 10.8. The normalized spacial score (nSPS) is 9.28. The van der Waals surface area contributed by atoms with Gasteiger partial charge >= 0.3 is 0 Å². The number of halogens is 1. The summed E-state index contributed by atoms with van der Waals surface area (Å²) < 4.78 is 0.836. The Labute approximate surface area is 113 Å². The zero-order valence-electron chi connectivity index (χ0n) is 9.18. The van der Waals surface area contributed by atoms with Crippen LogP contribution in [0.3, 0.4) is 0 Å². The number of aromatic nitrogens is 1. The van der Waals surface area contributed by atoms with E-state index in [1.165, 1.54) is 0 Å². The van der Waals surface area contributed by atoms with Crippen LogP contribution in [-0.4, -0.2) is 4.98 Å². The summed E-state index contributed by atoms with van der Waals surface area (Å²) >= 11 is 3.31. The highest BCUT2D eigenvalue weighted by molar-refractivity contribution is 9.10. The molecule has 0 saturated carbocycles. The van der Waals surface area contributed by atoms with Crippen LogP contribution in [0, 0.1) is 22.7 Å². The summed E-state index contributed by atoms with van der Waals surface area (Å²) in [5.41, 5.74) is 1.68. The minimum Gasteiger partial charge on any atom is -0.339 e. The van der Waals surface area contributed by atoms with Crippen molar-refractivity contribution in [3.63, 3.8) is 0 Å². The van der Waals surface area contributed by atoms with Crippen LogP contribution in [0.5, 0.6) is 0 Å². The van der Waals surface area contributed by atoms with Gasteiger partial charge in [-0.2, -0.15) is 10.5 Å². The molecule has 0 unspecified atom stereocenters. The summed E-state index contributed by atoms with van der Waals surface area (Å²) in [6.45, 7) is 0. The third kappa shape index (κ3) is 2.65. The Morgan fingerprint density at radius 2 is 1.94 bits per heavy atom. The predicted molar refractivity (Wildman–Crippen MR) is 71.1 cm³/mol. The van der Waals surface area contributed by atoms with Crippen molar-refractivity contribution in [2.45, 2.75) is 0 Å². The number of anilines is 2. The van der Waals surface area contributed by atoms with Gasteiger partial charge in [0.1, 0.15) is 11.9 Å². The van der Waals surface area contributed by atoms with Gasteiger partial charge in [-0.05, 0) is 30.3 Å². The first kappa shape index (κ1) is 12.1. The number of hydrogen-bond donors (Lipinski definition) is 1. The SMILES string of the molecule is N#Cc1ccnc(Nc2ccc(Br)cc2C#N)c1. The second-order valence-corrected chi connectivity index (χ2v) is 4.38. The van der Waals surface area contributed by atoms with Crippen molar-refractivity contribution < 1.29 is 0 Å². The van der Waals surface area contributed by atoms with Gasteiger partial charge in [0.15, 0.2) is 0 Å². The molecule has 0 fully saturated rings. The Hall–Kier alpha value is -2.37. The number of benzene rings is 1. The second-order valence-electron chi connectivity index (χ2n) is 3.47. The first-order chi connectivity index (χ1) is 8.72. The van der Waals surface area contributed by atoms with Gasteiger partial charge in [-0.3, -0.25) is 0 Å². The topological polar surface area (TPSA) is 72.5 Å². The van der Waals surface area contributed by atoms with E-state index in [-0.39, 0.29) is 0 Å². The molecule has 18 heavy (non-hydrogen) atoms.